The Morgan fingerprint density at radius 1 is 1.05 bits per heavy atom. The summed E-state index contributed by atoms with van der Waals surface area (Å²) in [5.41, 5.74) is 2.09. The Kier molecular flexibility index (Phi) is 3.60. The molecule has 0 saturated heterocycles. The van der Waals surface area contributed by atoms with E-state index in [2.05, 4.69) is 22.4 Å². The van der Waals surface area contributed by atoms with Crippen LogP contribution in [0.25, 0.3) is 10.2 Å². The first-order valence-electron chi connectivity index (χ1n) is 5.76. The summed E-state index contributed by atoms with van der Waals surface area (Å²) in [6.07, 6.45) is 0. The van der Waals surface area contributed by atoms with Crippen molar-refractivity contribution in [2.45, 2.75) is 6.54 Å². The highest BCUT2D eigenvalue weighted by Crippen LogP contribution is 2.33. The molecule has 0 bridgehead atoms. The molecule has 0 amide bonds. The number of nitrogens with one attached hydrogen (secondary N) is 1. The zero-order valence-electron chi connectivity index (χ0n) is 9.86. The second-order valence-corrected chi connectivity index (χ2v) is 5.94. The quantitative estimate of drug-likeness (QED) is 0.718. The van der Waals surface area contributed by atoms with E-state index < -0.39 is 0 Å². The number of benzene rings is 2. The van der Waals surface area contributed by atoms with Crippen LogP contribution in [0, 0.1) is 0 Å². The van der Waals surface area contributed by atoms with Gasteiger partial charge in [0.25, 0.3) is 0 Å². The minimum absolute atomic E-state index is 0.536. The van der Waals surface area contributed by atoms with Crippen LogP contribution in [0.5, 0.6) is 0 Å². The lowest BCUT2D eigenvalue weighted by Gasteiger charge is -2.01. The molecule has 2 aromatic carbocycles. The van der Waals surface area contributed by atoms with Crippen molar-refractivity contribution in [2.24, 2.45) is 0 Å². The average Bonchev–Trinajstić information content (AvgIpc) is 2.80. The molecule has 0 spiro atoms. The number of thiazole rings is 1. The molecular weight excluding hydrogens is 299 g/mol. The molecule has 1 heterocycles. The number of halogens is 2. The fraction of sp³-hybridized carbons (Fsp3) is 0.0714. The predicted molar refractivity (Wildman–Crippen MR) is 83.4 cm³/mol. The van der Waals surface area contributed by atoms with Gasteiger partial charge in [-0.2, -0.15) is 0 Å². The molecule has 1 aromatic heterocycles. The first kappa shape index (κ1) is 12.7. The predicted octanol–water partition coefficient (Wildman–Crippen LogP) is 5.22. The van der Waals surface area contributed by atoms with E-state index in [9.17, 15) is 0 Å². The van der Waals surface area contributed by atoms with Gasteiger partial charge in [-0.25, -0.2) is 4.98 Å². The molecule has 0 aliphatic heterocycles. The van der Waals surface area contributed by atoms with Crippen molar-refractivity contribution < 1.29 is 0 Å². The van der Waals surface area contributed by atoms with E-state index in [4.69, 9.17) is 23.2 Å². The van der Waals surface area contributed by atoms with Crippen molar-refractivity contribution in [1.82, 2.24) is 4.98 Å². The highest BCUT2D eigenvalue weighted by molar-refractivity contribution is 7.22. The van der Waals surface area contributed by atoms with Crippen LogP contribution >= 0.6 is 34.5 Å². The van der Waals surface area contributed by atoms with E-state index in [-0.39, 0.29) is 0 Å². The van der Waals surface area contributed by atoms with Gasteiger partial charge in [0.1, 0.15) is 0 Å². The van der Waals surface area contributed by atoms with Crippen LogP contribution in [0.1, 0.15) is 5.56 Å². The van der Waals surface area contributed by atoms with E-state index in [1.54, 1.807) is 17.4 Å². The molecule has 0 fully saturated rings. The molecule has 2 nitrogen and oxygen atoms in total. The Bertz CT molecular complexity index is 671. The second kappa shape index (κ2) is 5.37. The Hall–Kier alpha value is -1.29. The third-order valence-corrected chi connectivity index (χ3v) is 4.42. The summed E-state index contributed by atoms with van der Waals surface area (Å²) in [6.45, 7) is 0.752. The number of anilines is 1. The van der Waals surface area contributed by atoms with Gasteiger partial charge in [-0.3, -0.25) is 0 Å². The Balaban J connectivity index is 1.82. The minimum atomic E-state index is 0.536. The number of hydrogen-bond donors (Lipinski definition) is 1. The number of rotatable bonds is 3. The standard InChI is InChI=1S/C14H10Cl2N2S/c15-10-6-12-13(7-11(10)16)19-14(18-12)17-8-9-4-2-1-3-5-9/h1-7H,8H2,(H,17,18). The molecule has 1 N–H and O–H groups in total. The third kappa shape index (κ3) is 2.84. The summed E-state index contributed by atoms with van der Waals surface area (Å²) >= 11 is 13.6. The second-order valence-electron chi connectivity index (χ2n) is 4.09. The molecular formula is C14H10Cl2N2S. The maximum atomic E-state index is 6.00. The van der Waals surface area contributed by atoms with Gasteiger partial charge in [-0.1, -0.05) is 64.9 Å². The van der Waals surface area contributed by atoms with Crippen molar-refractivity contribution in [3.63, 3.8) is 0 Å². The third-order valence-electron chi connectivity index (χ3n) is 2.72. The average molecular weight is 309 g/mol. The van der Waals surface area contributed by atoms with Crippen LogP contribution in [-0.2, 0) is 6.54 Å². The number of aromatic nitrogens is 1. The van der Waals surface area contributed by atoms with Gasteiger partial charge in [0.05, 0.1) is 20.3 Å². The van der Waals surface area contributed by atoms with Crippen molar-refractivity contribution in [3.05, 3.63) is 58.1 Å². The molecule has 0 saturated carbocycles. The summed E-state index contributed by atoms with van der Waals surface area (Å²) in [5.74, 6) is 0. The van der Waals surface area contributed by atoms with Crippen molar-refractivity contribution in [3.8, 4) is 0 Å². The summed E-state index contributed by atoms with van der Waals surface area (Å²) < 4.78 is 1.03. The van der Waals surface area contributed by atoms with E-state index in [1.165, 1.54) is 5.56 Å². The van der Waals surface area contributed by atoms with E-state index >= 15 is 0 Å². The monoisotopic (exact) mass is 308 g/mol. The van der Waals surface area contributed by atoms with Gasteiger partial charge in [-0.15, -0.1) is 0 Å². The maximum Gasteiger partial charge on any atom is 0.184 e. The molecule has 0 aliphatic rings. The summed E-state index contributed by atoms with van der Waals surface area (Å²) in [4.78, 5) is 4.49. The summed E-state index contributed by atoms with van der Waals surface area (Å²) in [5, 5.41) is 5.28. The first-order valence-corrected chi connectivity index (χ1v) is 7.33. The van der Waals surface area contributed by atoms with Crippen LogP contribution in [0.3, 0.4) is 0 Å². The number of hydrogen-bond acceptors (Lipinski definition) is 3. The molecule has 19 heavy (non-hydrogen) atoms. The van der Waals surface area contributed by atoms with Crippen molar-refractivity contribution in [1.29, 1.82) is 0 Å². The molecule has 5 heteroatoms. The van der Waals surface area contributed by atoms with E-state index in [1.807, 2.05) is 24.3 Å². The maximum absolute atomic E-state index is 6.00. The van der Waals surface area contributed by atoms with Gasteiger partial charge in [-0.05, 0) is 17.7 Å². The zero-order valence-corrected chi connectivity index (χ0v) is 12.2. The Morgan fingerprint density at radius 2 is 1.79 bits per heavy atom. The van der Waals surface area contributed by atoms with E-state index in [0.717, 1.165) is 21.9 Å². The van der Waals surface area contributed by atoms with Crippen LogP contribution in [0.2, 0.25) is 10.0 Å². The fourth-order valence-corrected chi connectivity index (χ4v) is 3.04. The Labute approximate surface area is 125 Å². The molecule has 0 atom stereocenters. The molecule has 3 aromatic rings. The lowest BCUT2D eigenvalue weighted by atomic mass is 10.2. The van der Waals surface area contributed by atoms with Crippen LogP contribution < -0.4 is 5.32 Å². The largest absolute Gasteiger partial charge is 0.357 e. The summed E-state index contributed by atoms with van der Waals surface area (Å²) in [6, 6.07) is 13.9. The molecule has 0 aliphatic carbocycles. The highest BCUT2D eigenvalue weighted by atomic mass is 35.5. The normalized spacial score (nSPS) is 10.8. The number of nitrogens with zero attached hydrogens (tertiary/aromatic N) is 1. The van der Waals surface area contributed by atoms with Crippen LogP contribution in [-0.4, -0.2) is 4.98 Å². The lowest BCUT2D eigenvalue weighted by molar-refractivity contribution is 1.14. The molecule has 0 unspecified atom stereocenters. The topological polar surface area (TPSA) is 24.9 Å². The van der Waals surface area contributed by atoms with Gasteiger partial charge >= 0.3 is 0 Å². The van der Waals surface area contributed by atoms with Gasteiger partial charge in [0.15, 0.2) is 5.13 Å². The van der Waals surface area contributed by atoms with Crippen molar-refractivity contribution >= 4 is 49.9 Å². The lowest BCUT2D eigenvalue weighted by Crippen LogP contribution is -1.97. The molecule has 0 radical (unpaired) electrons. The SMILES string of the molecule is Clc1cc2nc(NCc3ccccc3)sc2cc1Cl. The molecule has 3 rings (SSSR count). The highest BCUT2D eigenvalue weighted by Gasteiger charge is 2.07. The minimum Gasteiger partial charge on any atom is -0.357 e. The Morgan fingerprint density at radius 3 is 2.58 bits per heavy atom. The zero-order chi connectivity index (χ0) is 13.2. The van der Waals surface area contributed by atoms with E-state index in [0.29, 0.717) is 10.0 Å². The van der Waals surface area contributed by atoms with Crippen LogP contribution in [0.4, 0.5) is 5.13 Å². The van der Waals surface area contributed by atoms with Crippen LogP contribution in [0.15, 0.2) is 42.5 Å². The van der Waals surface area contributed by atoms with Gasteiger partial charge in [0, 0.05) is 6.54 Å². The van der Waals surface area contributed by atoms with Gasteiger partial charge in [0.2, 0.25) is 0 Å². The van der Waals surface area contributed by atoms with Gasteiger partial charge < -0.3 is 5.32 Å². The fourth-order valence-electron chi connectivity index (χ4n) is 1.77. The van der Waals surface area contributed by atoms with Crippen molar-refractivity contribution in [2.75, 3.05) is 5.32 Å². The summed E-state index contributed by atoms with van der Waals surface area (Å²) in [7, 11) is 0. The molecule has 96 valence electrons. The number of fused-ring (bicyclic) bond motifs is 1. The smallest absolute Gasteiger partial charge is 0.184 e. The first-order chi connectivity index (χ1) is 9.22.